The van der Waals surface area contributed by atoms with E-state index in [2.05, 4.69) is 27.6 Å². The van der Waals surface area contributed by atoms with Crippen molar-refractivity contribution >= 4 is 51.7 Å². The molecule has 0 fully saturated rings. The number of nitrogens with zero attached hydrogens (tertiary/aromatic N) is 3. The predicted octanol–water partition coefficient (Wildman–Crippen LogP) is 5.21. The molecule has 2 heterocycles. The molecule has 0 amide bonds. The summed E-state index contributed by atoms with van der Waals surface area (Å²) >= 11 is 3.34. The maximum absolute atomic E-state index is 14.0. The molecule has 0 radical (unpaired) electrons. The van der Waals surface area contributed by atoms with Gasteiger partial charge in [-0.25, -0.2) is 9.79 Å². The number of nitro benzene ring substituents is 1. The van der Waals surface area contributed by atoms with E-state index in [1.165, 1.54) is 10.6 Å². The number of allylic oxidation sites excluding steroid dienone is 1. The van der Waals surface area contributed by atoms with Crippen molar-refractivity contribution in [3.8, 4) is 11.5 Å². The third kappa shape index (κ3) is 6.17. The third-order valence-corrected chi connectivity index (χ3v) is 8.82. The fourth-order valence-corrected chi connectivity index (χ4v) is 6.77. The number of hydrogen-bond acceptors (Lipinski definition) is 9. The van der Waals surface area contributed by atoms with Gasteiger partial charge in [-0.15, -0.1) is 0 Å². The van der Waals surface area contributed by atoms with E-state index in [-0.39, 0.29) is 17.9 Å². The Labute approximate surface area is 270 Å². The maximum Gasteiger partial charge on any atom is 0.338 e. The van der Waals surface area contributed by atoms with Crippen molar-refractivity contribution < 1.29 is 23.9 Å². The van der Waals surface area contributed by atoms with Gasteiger partial charge < -0.3 is 14.2 Å². The summed E-state index contributed by atoms with van der Waals surface area (Å²) in [6, 6.07) is 17.2. The molecule has 0 N–H and O–H groups in total. The van der Waals surface area contributed by atoms with Crippen LogP contribution in [0.2, 0.25) is 0 Å². The van der Waals surface area contributed by atoms with E-state index in [1.54, 1.807) is 52.2 Å². The Hall–Kier alpha value is -4.30. The molecule has 0 saturated carbocycles. The second-order valence-corrected chi connectivity index (χ2v) is 12.1. The molecule has 10 nitrogen and oxygen atoms in total. The van der Waals surface area contributed by atoms with E-state index in [1.807, 2.05) is 36.4 Å². The lowest BCUT2D eigenvalue weighted by atomic mass is 9.94. The fraction of sp³-hybridized carbons (Fsp3) is 0.219. The van der Waals surface area contributed by atoms with Crippen LogP contribution in [0.15, 0.2) is 81.7 Å². The molecule has 3 aromatic carbocycles. The Balaban J connectivity index is 1.62. The Morgan fingerprint density at radius 3 is 2.59 bits per heavy atom. The highest BCUT2D eigenvalue weighted by Gasteiger charge is 2.34. The van der Waals surface area contributed by atoms with Crippen LogP contribution in [0, 0.1) is 20.6 Å². The van der Waals surface area contributed by atoms with E-state index in [4.69, 9.17) is 14.2 Å². The minimum atomic E-state index is -0.963. The van der Waals surface area contributed by atoms with Crippen molar-refractivity contribution in [2.75, 3.05) is 13.7 Å². The van der Waals surface area contributed by atoms with Crippen molar-refractivity contribution in [3.63, 3.8) is 0 Å². The number of ether oxygens (including phenoxy) is 3. The van der Waals surface area contributed by atoms with E-state index < -0.39 is 22.5 Å². The Morgan fingerprint density at radius 2 is 1.91 bits per heavy atom. The van der Waals surface area contributed by atoms with Gasteiger partial charge >= 0.3 is 5.97 Å². The van der Waals surface area contributed by atoms with Crippen LogP contribution in [0.3, 0.4) is 0 Å². The minimum Gasteiger partial charge on any atom is -0.493 e. The zero-order valence-corrected chi connectivity index (χ0v) is 27.3. The van der Waals surface area contributed by atoms with Crippen LogP contribution in [0.1, 0.15) is 42.1 Å². The van der Waals surface area contributed by atoms with Gasteiger partial charge in [0.05, 0.1) is 44.1 Å². The average Bonchev–Trinajstić information content (AvgIpc) is 3.30. The number of halogens is 1. The van der Waals surface area contributed by atoms with E-state index in [9.17, 15) is 19.7 Å². The average molecular weight is 726 g/mol. The second kappa shape index (κ2) is 13.1. The maximum atomic E-state index is 14.0. The number of nitro groups is 1. The zero-order valence-electron chi connectivity index (χ0n) is 24.3. The number of hydrogen-bond donors (Lipinski definition) is 0. The van der Waals surface area contributed by atoms with Crippen molar-refractivity contribution in [1.29, 1.82) is 0 Å². The molecule has 1 aliphatic rings. The van der Waals surface area contributed by atoms with Crippen LogP contribution in [0.4, 0.5) is 5.69 Å². The molecule has 0 bridgehead atoms. The predicted molar refractivity (Wildman–Crippen MR) is 175 cm³/mol. The first kappa shape index (κ1) is 31.1. The Kier molecular flexibility index (Phi) is 9.30. The van der Waals surface area contributed by atoms with Gasteiger partial charge in [0.15, 0.2) is 16.3 Å². The van der Waals surface area contributed by atoms with Crippen LogP contribution in [-0.2, 0) is 16.1 Å². The number of aryl methyl sites for hydroxylation is 1. The fourth-order valence-electron chi connectivity index (χ4n) is 4.94. The molecule has 1 aliphatic heterocycles. The molecule has 12 heteroatoms. The quantitative estimate of drug-likeness (QED) is 0.101. The van der Waals surface area contributed by atoms with Crippen LogP contribution < -0.4 is 24.4 Å². The molecule has 5 rings (SSSR count). The summed E-state index contributed by atoms with van der Waals surface area (Å²) in [5, 5.41) is 11.8. The molecule has 1 atom stereocenters. The summed E-state index contributed by atoms with van der Waals surface area (Å²) in [5.74, 6) is 0.463. The summed E-state index contributed by atoms with van der Waals surface area (Å²) in [6.07, 6.45) is 1.73. The number of fused-ring (bicyclic) bond motifs is 1. The molecule has 0 saturated heterocycles. The Bertz CT molecular complexity index is 1980. The first-order valence-corrected chi connectivity index (χ1v) is 15.5. The van der Waals surface area contributed by atoms with E-state index in [0.29, 0.717) is 49.8 Å². The largest absolute Gasteiger partial charge is 0.493 e. The topological polar surface area (TPSA) is 122 Å². The van der Waals surface area contributed by atoms with Crippen molar-refractivity contribution in [2.45, 2.75) is 33.4 Å². The number of carbonyl (C=O) groups is 1. The smallest absolute Gasteiger partial charge is 0.338 e. The molecule has 0 spiro atoms. The molecule has 226 valence electrons. The zero-order chi connectivity index (χ0) is 31.5. The van der Waals surface area contributed by atoms with Crippen LogP contribution in [0.5, 0.6) is 11.5 Å². The second-order valence-electron chi connectivity index (χ2n) is 9.91. The molecule has 44 heavy (non-hydrogen) atoms. The van der Waals surface area contributed by atoms with Gasteiger partial charge in [-0.1, -0.05) is 53.8 Å². The van der Waals surface area contributed by atoms with Gasteiger partial charge in [-0.3, -0.25) is 19.5 Å². The lowest BCUT2D eigenvalue weighted by Crippen LogP contribution is -2.40. The minimum absolute atomic E-state index is 0.112. The highest BCUT2D eigenvalue weighted by molar-refractivity contribution is 14.1. The first-order valence-electron chi connectivity index (χ1n) is 13.6. The SMILES string of the molecule is CCOC(=O)C1=C(C)N=c2s/c(=C/c3cc(I)c(OCc4ccccc4)c(OC)c3)c(=O)n2[C@@H]1c1ccc(C)c([N+](=O)[O-])c1. The number of carbonyl (C=O) groups excluding carboxylic acids is 1. The molecular formula is C32H28IN3O7S. The molecule has 0 unspecified atom stereocenters. The van der Waals surface area contributed by atoms with Gasteiger partial charge in [0.1, 0.15) is 6.61 Å². The van der Waals surface area contributed by atoms with Gasteiger partial charge in [0.25, 0.3) is 11.2 Å². The number of methoxy groups -OCH3 is 1. The van der Waals surface area contributed by atoms with Gasteiger partial charge in [-0.05, 0) is 78.3 Å². The normalized spacial score (nSPS) is 14.6. The lowest BCUT2D eigenvalue weighted by Gasteiger charge is -2.24. The van der Waals surface area contributed by atoms with Gasteiger partial charge in [0.2, 0.25) is 0 Å². The standard InChI is InChI=1S/C32H28IN3O7S/c1-5-42-31(38)27-19(3)34-32-35(28(27)22-12-11-18(2)24(16-22)36(39)40)30(37)26(44-32)15-21-13-23(33)29(25(14-21)41-4)43-17-20-9-7-6-8-10-20/h6-16,28H,5,17H2,1-4H3/b26-15+/t28-/m1/s1. The molecule has 0 aliphatic carbocycles. The number of esters is 1. The van der Waals surface area contributed by atoms with E-state index in [0.717, 1.165) is 20.5 Å². The van der Waals surface area contributed by atoms with Crippen LogP contribution in [-0.4, -0.2) is 29.2 Å². The number of thiazole rings is 1. The molecular weight excluding hydrogens is 697 g/mol. The summed E-state index contributed by atoms with van der Waals surface area (Å²) in [5.41, 5.74) is 2.61. The summed E-state index contributed by atoms with van der Waals surface area (Å²) in [7, 11) is 1.55. The van der Waals surface area contributed by atoms with Crippen molar-refractivity contribution in [1.82, 2.24) is 4.57 Å². The van der Waals surface area contributed by atoms with Crippen LogP contribution >= 0.6 is 33.9 Å². The lowest BCUT2D eigenvalue weighted by molar-refractivity contribution is -0.385. The highest BCUT2D eigenvalue weighted by Crippen LogP contribution is 2.35. The van der Waals surface area contributed by atoms with E-state index >= 15 is 0 Å². The number of benzene rings is 3. The third-order valence-electron chi connectivity index (χ3n) is 7.04. The van der Waals surface area contributed by atoms with Gasteiger partial charge in [-0.2, -0.15) is 0 Å². The van der Waals surface area contributed by atoms with Crippen molar-refractivity contribution in [2.24, 2.45) is 4.99 Å². The van der Waals surface area contributed by atoms with Crippen molar-refractivity contribution in [3.05, 3.63) is 128 Å². The Morgan fingerprint density at radius 1 is 1.16 bits per heavy atom. The summed E-state index contributed by atoms with van der Waals surface area (Å²) in [4.78, 5) is 43.4. The summed E-state index contributed by atoms with van der Waals surface area (Å²) in [6.45, 7) is 5.47. The summed E-state index contributed by atoms with van der Waals surface area (Å²) < 4.78 is 19.6. The first-order chi connectivity index (χ1) is 21.1. The molecule has 1 aromatic heterocycles. The molecule has 4 aromatic rings. The van der Waals surface area contributed by atoms with Crippen LogP contribution in [0.25, 0.3) is 6.08 Å². The monoisotopic (exact) mass is 725 g/mol. The number of aromatic nitrogens is 1. The highest BCUT2D eigenvalue weighted by atomic mass is 127. The number of rotatable bonds is 9. The van der Waals surface area contributed by atoms with Gasteiger partial charge in [0, 0.05) is 11.6 Å².